The zero-order chi connectivity index (χ0) is 21.2. The molecule has 30 heavy (non-hydrogen) atoms. The van der Waals surface area contributed by atoms with Gasteiger partial charge in [-0.2, -0.15) is 0 Å². The Bertz CT molecular complexity index is 823. The van der Waals surface area contributed by atoms with Gasteiger partial charge in [-0.15, -0.1) is 11.8 Å². The summed E-state index contributed by atoms with van der Waals surface area (Å²) in [5.74, 6) is 2.83. The Hall–Kier alpha value is -2.47. The van der Waals surface area contributed by atoms with Gasteiger partial charge in [-0.1, -0.05) is 30.3 Å². The minimum absolute atomic E-state index is 0.0475. The molecule has 160 valence electrons. The molecule has 6 heteroatoms. The third-order valence-electron chi connectivity index (χ3n) is 5.09. The van der Waals surface area contributed by atoms with Crippen molar-refractivity contribution in [2.45, 2.75) is 31.6 Å². The maximum atomic E-state index is 11.1. The smallest absolute Gasteiger partial charge is 0.221 e. The molecule has 1 aliphatic rings. The number of thioether (sulfide) groups is 1. The fourth-order valence-corrected chi connectivity index (χ4v) is 4.62. The van der Waals surface area contributed by atoms with Crippen molar-refractivity contribution in [3.8, 4) is 0 Å². The Morgan fingerprint density at radius 2 is 1.93 bits per heavy atom. The summed E-state index contributed by atoms with van der Waals surface area (Å²) in [6.07, 6.45) is 2.10. The average Bonchev–Trinajstić information content (AvgIpc) is 3.22. The number of benzene rings is 2. The summed E-state index contributed by atoms with van der Waals surface area (Å²) in [4.78, 5) is 19.7. The van der Waals surface area contributed by atoms with Gasteiger partial charge in [0.15, 0.2) is 5.96 Å². The summed E-state index contributed by atoms with van der Waals surface area (Å²) in [7, 11) is 0. The van der Waals surface area contributed by atoms with E-state index in [2.05, 4.69) is 64.9 Å². The molecule has 0 saturated carbocycles. The van der Waals surface area contributed by atoms with Crippen molar-refractivity contribution < 1.29 is 4.79 Å². The Labute approximate surface area is 184 Å². The van der Waals surface area contributed by atoms with Crippen LogP contribution in [0.15, 0.2) is 64.5 Å². The number of amides is 1. The monoisotopic (exact) mass is 424 g/mol. The summed E-state index contributed by atoms with van der Waals surface area (Å²) in [6.45, 7) is 7.41. The Morgan fingerprint density at radius 1 is 1.17 bits per heavy atom. The number of likely N-dealkylation sites (tertiary alicyclic amines) is 1. The topological polar surface area (TPSA) is 56.7 Å². The summed E-state index contributed by atoms with van der Waals surface area (Å²) in [5.41, 5.74) is 2.06. The van der Waals surface area contributed by atoms with E-state index in [0.29, 0.717) is 5.92 Å². The van der Waals surface area contributed by atoms with Crippen LogP contribution in [0.1, 0.15) is 25.8 Å². The number of nitrogens with one attached hydrogen (secondary N) is 2. The van der Waals surface area contributed by atoms with E-state index in [1.54, 1.807) is 0 Å². The Kier molecular flexibility index (Phi) is 8.63. The van der Waals surface area contributed by atoms with Crippen molar-refractivity contribution in [2.75, 3.05) is 37.2 Å². The van der Waals surface area contributed by atoms with Gasteiger partial charge in [0.05, 0.1) is 0 Å². The summed E-state index contributed by atoms with van der Waals surface area (Å²) < 4.78 is 0. The normalized spacial score (nSPS) is 16.5. The van der Waals surface area contributed by atoms with Crippen LogP contribution in [-0.2, 0) is 11.2 Å². The van der Waals surface area contributed by atoms with Gasteiger partial charge in [0, 0.05) is 49.4 Å². The number of carbonyl (C=O) groups excluding carboxylic acids is 1. The van der Waals surface area contributed by atoms with Crippen LogP contribution in [0.3, 0.4) is 0 Å². The molecular formula is C24H32N4OS. The number of anilines is 1. The van der Waals surface area contributed by atoms with Crippen LogP contribution in [0, 0.1) is 5.92 Å². The molecule has 0 bridgehead atoms. The predicted molar refractivity (Wildman–Crippen MR) is 127 cm³/mol. The Balaban J connectivity index is 1.48. The van der Waals surface area contributed by atoms with Crippen molar-refractivity contribution in [3.05, 3.63) is 60.2 Å². The molecule has 3 rings (SSSR count). The molecule has 2 aromatic rings. The lowest BCUT2D eigenvalue weighted by molar-refractivity contribution is -0.114. The van der Waals surface area contributed by atoms with Gasteiger partial charge in [0.1, 0.15) is 0 Å². The van der Waals surface area contributed by atoms with Crippen LogP contribution in [0.2, 0.25) is 0 Å². The van der Waals surface area contributed by atoms with Crippen molar-refractivity contribution in [2.24, 2.45) is 10.9 Å². The van der Waals surface area contributed by atoms with Crippen molar-refractivity contribution in [1.29, 1.82) is 0 Å². The molecule has 2 N–H and O–H groups in total. The molecule has 2 aromatic carbocycles. The van der Waals surface area contributed by atoms with Gasteiger partial charge in [-0.3, -0.25) is 9.79 Å². The molecule has 5 nitrogen and oxygen atoms in total. The third kappa shape index (κ3) is 7.10. The summed E-state index contributed by atoms with van der Waals surface area (Å²) >= 11 is 1.95. The van der Waals surface area contributed by atoms with E-state index < -0.39 is 0 Å². The lowest BCUT2D eigenvalue weighted by Crippen LogP contribution is -2.40. The molecule has 1 aliphatic heterocycles. The molecule has 0 aliphatic carbocycles. The molecule has 0 radical (unpaired) electrons. The zero-order valence-corrected chi connectivity index (χ0v) is 18.8. The van der Waals surface area contributed by atoms with Crippen molar-refractivity contribution in [3.63, 3.8) is 0 Å². The standard InChI is InChI=1S/C24H32N4OS/c1-3-25-24(26-15-13-20-9-11-22(12-10-20)27-19(2)29)28-16-14-21(17-28)18-30-23-7-5-4-6-8-23/h4-12,21H,3,13-18H2,1-2H3,(H,25,26)(H,27,29). The molecule has 1 unspecified atom stereocenters. The molecular weight excluding hydrogens is 392 g/mol. The number of hydrogen-bond donors (Lipinski definition) is 2. The first-order valence-electron chi connectivity index (χ1n) is 10.7. The van der Waals surface area contributed by atoms with E-state index >= 15 is 0 Å². The minimum atomic E-state index is -0.0475. The van der Waals surface area contributed by atoms with Crippen LogP contribution >= 0.6 is 11.8 Å². The fraction of sp³-hybridized carbons (Fsp3) is 0.417. The summed E-state index contributed by atoms with van der Waals surface area (Å²) in [6, 6.07) is 18.7. The van der Waals surface area contributed by atoms with Crippen LogP contribution in [0.4, 0.5) is 5.69 Å². The highest BCUT2D eigenvalue weighted by Crippen LogP contribution is 2.25. The van der Waals surface area contributed by atoms with Gasteiger partial charge in [0.25, 0.3) is 0 Å². The second kappa shape index (κ2) is 11.6. The number of aliphatic imine (C=N–C) groups is 1. The maximum Gasteiger partial charge on any atom is 0.221 e. The van der Waals surface area contributed by atoms with Crippen LogP contribution in [0.5, 0.6) is 0 Å². The van der Waals surface area contributed by atoms with Gasteiger partial charge >= 0.3 is 0 Å². The van der Waals surface area contributed by atoms with E-state index in [9.17, 15) is 4.79 Å². The largest absolute Gasteiger partial charge is 0.357 e. The van der Waals surface area contributed by atoms with E-state index in [0.717, 1.165) is 50.0 Å². The average molecular weight is 425 g/mol. The van der Waals surface area contributed by atoms with Gasteiger partial charge < -0.3 is 15.5 Å². The lowest BCUT2D eigenvalue weighted by atomic mass is 10.1. The third-order valence-corrected chi connectivity index (χ3v) is 6.33. The number of hydrogen-bond acceptors (Lipinski definition) is 3. The second-order valence-electron chi connectivity index (χ2n) is 7.59. The molecule has 0 aromatic heterocycles. The Morgan fingerprint density at radius 3 is 2.63 bits per heavy atom. The molecule has 1 amide bonds. The van der Waals surface area contributed by atoms with Crippen LogP contribution < -0.4 is 10.6 Å². The van der Waals surface area contributed by atoms with E-state index in [1.165, 1.54) is 23.8 Å². The SMILES string of the molecule is CCNC(=NCCc1ccc(NC(C)=O)cc1)N1CCC(CSc2ccccc2)C1. The number of nitrogens with zero attached hydrogens (tertiary/aromatic N) is 2. The lowest BCUT2D eigenvalue weighted by Gasteiger charge is -2.21. The second-order valence-corrected chi connectivity index (χ2v) is 8.68. The molecule has 1 atom stereocenters. The molecule has 1 fully saturated rings. The quantitative estimate of drug-likeness (QED) is 0.378. The van der Waals surface area contributed by atoms with Crippen molar-refractivity contribution in [1.82, 2.24) is 10.2 Å². The zero-order valence-electron chi connectivity index (χ0n) is 17.9. The molecule has 1 heterocycles. The minimum Gasteiger partial charge on any atom is -0.357 e. The highest BCUT2D eigenvalue weighted by molar-refractivity contribution is 7.99. The number of rotatable bonds is 8. The van der Waals surface area contributed by atoms with Gasteiger partial charge in [0.2, 0.25) is 5.91 Å². The summed E-state index contributed by atoms with van der Waals surface area (Å²) in [5, 5.41) is 6.26. The predicted octanol–water partition coefficient (Wildman–Crippen LogP) is 4.27. The van der Waals surface area contributed by atoms with Gasteiger partial charge in [-0.25, -0.2) is 0 Å². The first-order chi connectivity index (χ1) is 14.6. The van der Waals surface area contributed by atoms with Gasteiger partial charge in [-0.05, 0) is 55.5 Å². The molecule has 0 spiro atoms. The van der Waals surface area contributed by atoms with Crippen LogP contribution in [-0.4, -0.2) is 48.7 Å². The van der Waals surface area contributed by atoms with Crippen molar-refractivity contribution >= 4 is 29.3 Å². The highest BCUT2D eigenvalue weighted by Gasteiger charge is 2.24. The van der Waals surface area contributed by atoms with Crippen LogP contribution in [0.25, 0.3) is 0 Å². The first-order valence-corrected chi connectivity index (χ1v) is 11.7. The number of guanidine groups is 1. The van der Waals surface area contributed by atoms with E-state index in [-0.39, 0.29) is 5.91 Å². The maximum absolute atomic E-state index is 11.1. The number of carbonyl (C=O) groups is 1. The molecule has 1 saturated heterocycles. The van der Waals surface area contributed by atoms with E-state index in [4.69, 9.17) is 4.99 Å². The fourth-order valence-electron chi connectivity index (χ4n) is 3.57. The van der Waals surface area contributed by atoms with E-state index in [1.807, 2.05) is 23.9 Å². The first kappa shape index (κ1) is 22.2. The highest BCUT2D eigenvalue weighted by atomic mass is 32.2.